The fourth-order valence-electron chi connectivity index (χ4n) is 1.04. The molecule has 2 nitrogen and oxygen atoms in total. The fraction of sp³-hybridized carbons (Fsp3) is 0.167. The van der Waals surface area contributed by atoms with Crippen molar-refractivity contribution >= 4 is 18.1 Å². The molecule has 1 aromatic carbocycles. The van der Waals surface area contributed by atoms with Crippen LogP contribution in [0.15, 0.2) is 36.4 Å². The standard InChI is InChI=1S/C12H9F2O2.Os/c13-12(14,8-9-15)11(16)7-6-10-4-2-1-3-5-10;/h1-7H,8H2;/q-1;+1/b7-6+;. The molecule has 0 saturated heterocycles. The summed E-state index contributed by atoms with van der Waals surface area (Å²) >= 11 is 0. The van der Waals surface area contributed by atoms with Crippen LogP contribution in [-0.4, -0.2) is 18.0 Å². The molecule has 0 unspecified atom stereocenters. The zero-order chi connectivity index (χ0) is 12.0. The van der Waals surface area contributed by atoms with Gasteiger partial charge in [-0.3, -0.25) is 11.1 Å². The molecular weight excluding hydrogens is 404 g/mol. The van der Waals surface area contributed by atoms with Gasteiger partial charge in [0.15, 0.2) is 0 Å². The second-order valence-corrected chi connectivity index (χ2v) is 3.13. The predicted octanol–water partition coefficient (Wildman–Crippen LogP) is 2.40. The van der Waals surface area contributed by atoms with Crippen molar-refractivity contribution in [3.63, 3.8) is 0 Å². The van der Waals surface area contributed by atoms with Crippen molar-refractivity contribution in [3.05, 3.63) is 42.0 Å². The first-order chi connectivity index (χ1) is 7.56. The zero-order valence-corrected chi connectivity index (χ0v) is 11.2. The predicted molar refractivity (Wildman–Crippen MR) is 55.7 cm³/mol. The molecule has 0 aliphatic rings. The molecule has 0 heterocycles. The summed E-state index contributed by atoms with van der Waals surface area (Å²) in [4.78, 5) is 20.8. The molecule has 0 saturated carbocycles. The van der Waals surface area contributed by atoms with Crippen LogP contribution in [0.3, 0.4) is 0 Å². The molecule has 0 atom stereocenters. The third-order valence-electron chi connectivity index (χ3n) is 1.88. The van der Waals surface area contributed by atoms with Gasteiger partial charge in [-0.25, -0.2) is 8.78 Å². The number of rotatable bonds is 5. The molecule has 1 aromatic rings. The van der Waals surface area contributed by atoms with Gasteiger partial charge in [-0.15, -0.1) is 0 Å². The third-order valence-corrected chi connectivity index (χ3v) is 1.88. The minimum Gasteiger partial charge on any atom is -0.542 e. The van der Waals surface area contributed by atoms with Crippen molar-refractivity contribution in [2.45, 2.75) is 12.3 Å². The molecule has 0 bridgehead atoms. The molecule has 0 aliphatic heterocycles. The molecule has 17 heavy (non-hydrogen) atoms. The van der Waals surface area contributed by atoms with E-state index in [2.05, 4.69) is 0 Å². The topological polar surface area (TPSA) is 34.1 Å². The third kappa shape index (κ3) is 5.10. The molecule has 1 radical (unpaired) electrons. The molecule has 1 rings (SSSR count). The summed E-state index contributed by atoms with van der Waals surface area (Å²) in [5.74, 6) is -5.05. The summed E-state index contributed by atoms with van der Waals surface area (Å²) in [5.41, 5.74) is 0.640. The molecule has 0 spiro atoms. The van der Waals surface area contributed by atoms with E-state index >= 15 is 0 Å². The van der Waals surface area contributed by atoms with Crippen LogP contribution >= 0.6 is 0 Å². The minimum absolute atomic E-state index is 0. The minimum atomic E-state index is -3.66. The number of halogens is 2. The first kappa shape index (κ1) is 15.8. The average molecular weight is 413 g/mol. The summed E-state index contributed by atoms with van der Waals surface area (Å²) in [6.07, 6.45) is 1.88. The largest absolute Gasteiger partial charge is 1.00 e. The van der Waals surface area contributed by atoms with E-state index in [1.165, 1.54) is 6.08 Å². The molecule has 0 fully saturated rings. The number of alkyl halides is 2. The van der Waals surface area contributed by atoms with Crippen LogP contribution in [0.1, 0.15) is 12.0 Å². The number of carbonyl (C=O) groups is 1. The molecule has 0 aliphatic carbocycles. The Morgan fingerprint density at radius 2 is 1.88 bits per heavy atom. The molecule has 0 amide bonds. The van der Waals surface area contributed by atoms with Crippen LogP contribution in [0.25, 0.3) is 6.08 Å². The van der Waals surface area contributed by atoms with Gasteiger partial charge in [0.25, 0.3) is 5.92 Å². The van der Waals surface area contributed by atoms with Gasteiger partial charge >= 0.3 is 19.8 Å². The fourth-order valence-corrected chi connectivity index (χ4v) is 1.04. The summed E-state index contributed by atoms with van der Waals surface area (Å²) in [5, 5.41) is 0. The van der Waals surface area contributed by atoms with Crippen molar-refractivity contribution in [2.24, 2.45) is 0 Å². The smallest absolute Gasteiger partial charge is 0.542 e. The Bertz CT molecular complexity index is 402. The van der Waals surface area contributed by atoms with Gasteiger partial charge in [0.1, 0.15) is 0 Å². The quantitative estimate of drug-likeness (QED) is 0.549. The van der Waals surface area contributed by atoms with E-state index in [4.69, 9.17) is 0 Å². The van der Waals surface area contributed by atoms with E-state index in [1.807, 2.05) is 0 Å². The maximum atomic E-state index is 12.9. The number of ketones is 1. The Kier molecular flexibility index (Phi) is 6.68. The van der Waals surface area contributed by atoms with Crippen LogP contribution in [0.5, 0.6) is 0 Å². The first-order valence-electron chi connectivity index (χ1n) is 4.56. The van der Waals surface area contributed by atoms with Gasteiger partial charge in [-0.1, -0.05) is 42.8 Å². The van der Waals surface area contributed by atoms with Crippen LogP contribution in [0, 0.1) is 0 Å². The molecule has 0 aromatic heterocycles. The Balaban J connectivity index is 0.00000256. The summed E-state index contributed by atoms with van der Waals surface area (Å²) in [6, 6.07) is 8.57. The van der Waals surface area contributed by atoms with Gasteiger partial charge in [-0.05, 0) is 11.6 Å². The Hall–Kier alpha value is -1.20. The number of hydrogen-bond acceptors (Lipinski definition) is 2. The molecular formula is C12H9F2O2Os. The van der Waals surface area contributed by atoms with Crippen LogP contribution < -0.4 is 0 Å². The summed E-state index contributed by atoms with van der Waals surface area (Å²) < 4.78 is 25.7. The van der Waals surface area contributed by atoms with Gasteiger partial charge in [0.05, 0.1) is 0 Å². The van der Waals surface area contributed by atoms with Crippen molar-refractivity contribution in [2.75, 3.05) is 0 Å². The Labute approximate surface area is 111 Å². The van der Waals surface area contributed by atoms with E-state index in [0.29, 0.717) is 5.56 Å². The second-order valence-electron chi connectivity index (χ2n) is 3.13. The van der Waals surface area contributed by atoms with Crippen molar-refractivity contribution in [3.8, 4) is 0 Å². The van der Waals surface area contributed by atoms with Crippen molar-refractivity contribution < 1.29 is 38.2 Å². The summed E-state index contributed by atoms with van der Waals surface area (Å²) in [7, 11) is 0. The van der Waals surface area contributed by atoms with Gasteiger partial charge in [-0.2, -0.15) is 0 Å². The van der Waals surface area contributed by atoms with E-state index < -0.39 is 18.1 Å². The second kappa shape index (κ2) is 7.19. The number of hydrogen-bond donors (Lipinski definition) is 0. The van der Waals surface area contributed by atoms with Gasteiger partial charge < -0.3 is 4.79 Å². The normalized spacial score (nSPS) is 10.9. The van der Waals surface area contributed by atoms with E-state index in [1.54, 1.807) is 30.3 Å². The Morgan fingerprint density at radius 1 is 1.29 bits per heavy atom. The van der Waals surface area contributed by atoms with Crippen LogP contribution in [0.2, 0.25) is 0 Å². The maximum absolute atomic E-state index is 12.9. The van der Waals surface area contributed by atoms with Crippen molar-refractivity contribution in [1.82, 2.24) is 0 Å². The number of benzene rings is 1. The Morgan fingerprint density at radius 3 is 2.41 bits per heavy atom. The van der Waals surface area contributed by atoms with Gasteiger partial charge in [0, 0.05) is 0 Å². The van der Waals surface area contributed by atoms with Gasteiger partial charge in [0.2, 0.25) is 5.78 Å². The number of allylic oxidation sites excluding steroid dienone is 1. The molecule has 0 N–H and O–H groups in total. The van der Waals surface area contributed by atoms with Crippen LogP contribution in [0.4, 0.5) is 8.78 Å². The van der Waals surface area contributed by atoms with Crippen LogP contribution in [-0.2, 0) is 29.4 Å². The van der Waals surface area contributed by atoms with E-state index in [9.17, 15) is 18.4 Å². The summed E-state index contributed by atoms with van der Waals surface area (Å²) in [6.45, 7) is 0. The SMILES string of the molecule is O=[C-]CC(F)(F)C(=O)/C=C/c1ccccc1.[Os+]. The molecule has 5 heteroatoms. The first-order valence-corrected chi connectivity index (χ1v) is 4.56. The maximum Gasteiger partial charge on any atom is 1.00 e. The zero-order valence-electron chi connectivity index (χ0n) is 8.67. The average Bonchev–Trinajstić information content (AvgIpc) is 2.27. The van der Waals surface area contributed by atoms with Crippen molar-refractivity contribution in [1.29, 1.82) is 0 Å². The van der Waals surface area contributed by atoms with E-state index in [0.717, 1.165) is 12.4 Å². The van der Waals surface area contributed by atoms with E-state index in [-0.39, 0.29) is 19.8 Å². The monoisotopic (exact) mass is 415 g/mol. The molecule has 91 valence electrons. The number of carbonyl (C=O) groups excluding carboxylic acids is 2.